The molecule has 1 unspecified atom stereocenters. The highest BCUT2D eigenvalue weighted by Gasteiger charge is 2.49. The van der Waals surface area contributed by atoms with Gasteiger partial charge in [-0.1, -0.05) is 5.16 Å². The van der Waals surface area contributed by atoms with Crippen LogP contribution in [0.1, 0.15) is 73.5 Å². The van der Waals surface area contributed by atoms with E-state index in [0.717, 1.165) is 44.3 Å². The van der Waals surface area contributed by atoms with Gasteiger partial charge in [-0.05, 0) is 58.4 Å². The molecule has 1 amide bonds. The van der Waals surface area contributed by atoms with E-state index in [0.29, 0.717) is 43.6 Å². The summed E-state index contributed by atoms with van der Waals surface area (Å²) < 4.78 is 35.4. The van der Waals surface area contributed by atoms with Crippen molar-refractivity contribution < 1.29 is 17.7 Å². The summed E-state index contributed by atoms with van der Waals surface area (Å²) in [6, 6.07) is 2.03. The molecular formula is C20H31N5O4S. The summed E-state index contributed by atoms with van der Waals surface area (Å²) in [5.74, 6) is 0.991. The van der Waals surface area contributed by atoms with Gasteiger partial charge < -0.3 is 15.2 Å². The maximum Gasteiger partial charge on any atom is 0.282 e. The number of hydrogen-bond donors (Lipinski definition) is 2. The largest absolute Gasteiger partial charge is 0.360 e. The number of nitrogens with zero attached hydrogens (tertiary/aromatic N) is 3. The number of carbonyl (C=O) groups excluding carboxylic acids is 1. The van der Waals surface area contributed by atoms with Crippen LogP contribution in [0.3, 0.4) is 0 Å². The Bertz CT molecular complexity index is 877. The Labute approximate surface area is 177 Å². The molecule has 4 fully saturated rings. The molecule has 2 bridgehead atoms. The Morgan fingerprint density at radius 1 is 1.07 bits per heavy atom. The lowest BCUT2D eigenvalue weighted by Crippen LogP contribution is -2.57. The predicted molar refractivity (Wildman–Crippen MR) is 110 cm³/mol. The molecule has 166 valence electrons. The first kappa shape index (κ1) is 20.4. The summed E-state index contributed by atoms with van der Waals surface area (Å²) in [5, 5.41) is 10.2. The van der Waals surface area contributed by atoms with Crippen LogP contribution in [0, 0.1) is 0 Å². The van der Waals surface area contributed by atoms with Crippen molar-refractivity contribution >= 4 is 16.1 Å². The van der Waals surface area contributed by atoms with Crippen LogP contribution in [0.5, 0.6) is 0 Å². The van der Waals surface area contributed by atoms with Crippen LogP contribution in [-0.2, 0) is 10.2 Å². The zero-order chi connectivity index (χ0) is 20.9. The van der Waals surface area contributed by atoms with E-state index in [1.54, 1.807) is 14.7 Å². The summed E-state index contributed by atoms with van der Waals surface area (Å²) >= 11 is 0. The van der Waals surface area contributed by atoms with Gasteiger partial charge in [0.15, 0.2) is 5.69 Å². The van der Waals surface area contributed by atoms with Gasteiger partial charge >= 0.3 is 0 Å². The van der Waals surface area contributed by atoms with Crippen molar-refractivity contribution in [2.24, 2.45) is 0 Å². The summed E-state index contributed by atoms with van der Waals surface area (Å²) in [4.78, 5) is 12.6. The molecule has 1 aliphatic carbocycles. The molecule has 4 heterocycles. The second-order valence-electron chi connectivity index (χ2n) is 9.22. The first-order valence-corrected chi connectivity index (χ1v) is 12.6. The molecule has 3 saturated heterocycles. The Hall–Kier alpha value is -1.49. The quantitative estimate of drug-likeness (QED) is 0.693. The molecule has 3 aliphatic heterocycles. The SMILES string of the molecule is CNC1CCN(S(=O)(=O)N2[C@@H]3CC[C@H]2CC(NC(=O)c2cc(C4CC4)on2)C3)CC1. The predicted octanol–water partition coefficient (Wildman–Crippen LogP) is 1.21. The van der Waals surface area contributed by atoms with E-state index in [1.165, 1.54) is 0 Å². The molecule has 30 heavy (non-hydrogen) atoms. The number of hydrogen-bond acceptors (Lipinski definition) is 6. The third-order valence-corrected chi connectivity index (χ3v) is 9.34. The van der Waals surface area contributed by atoms with Gasteiger partial charge in [0.25, 0.3) is 16.1 Å². The van der Waals surface area contributed by atoms with Crippen molar-refractivity contribution in [2.75, 3.05) is 20.1 Å². The molecule has 1 saturated carbocycles. The first-order chi connectivity index (χ1) is 14.5. The topological polar surface area (TPSA) is 108 Å². The van der Waals surface area contributed by atoms with Gasteiger partial charge in [0.2, 0.25) is 0 Å². The number of aromatic nitrogens is 1. The summed E-state index contributed by atoms with van der Waals surface area (Å²) in [5.41, 5.74) is 0.326. The van der Waals surface area contributed by atoms with E-state index in [4.69, 9.17) is 4.52 Å². The fourth-order valence-electron chi connectivity index (χ4n) is 5.35. The fraction of sp³-hybridized carbons (Fsp3) is 0.800. The van der Waals surface area contributed by atoms with E-state index in [2.05, 4.69) is 15.8 Å². The maximum absolute atomic E-state index is 13.3. The van der Waals surface area contributed by atoms with Crippen LogP contribution in [0.25, 0.3) is 0 Å². The monoisotopic (exact) mass is 437 g/mol. The minimum Gasteiger partial charge on any atom is -0.360 e. The number of amides is 1. The lowest BCUT2D eigenvalue weighted by atomic mass is 9.99. The number of fused-ring (bicyclic) bond motifs is 2. The summed E-state index contributed by atoms with van der Waals surface area (Å²) in [7, 11) is -1.53. The highest BCUT2D eigenvalue weighted by Crippen LogP contribution is 2.41. The van der Waals surface area contributed by atoms with Crippen LogP contribution in [0.2, 0.25) is 0 Å². The molecule has 10 heteroatoms. The van der Waals surface area contributed by atoms with Crippen LogP contribution >= 0.6 is 0 Å². The summed E-state index contributed by atoms with van der Waals surface area (Å²) in [6.45, 7) is 1.14. The molecule has 0 radical (unpaired) electrons. The van der Waals surface area contributed by atoms with Crippen LogP contribution in [0.4, 0.5) is 0 Å². The molecule has 1 aromatic heterocycles. The average molecular weight is 438 g/mol. The van der Waals surface area contributed by atoms with Crippen molar-refractivity contribution in [2.45, 2.75) is 81.5 Å². The van der Waals surface area contributed by atoms with Gasteiger partial charge in [-0.25, -0.2) is 0 Å². The van der Waals surface area contributed by atoms with Gasteiger partial charge in [0.1, 0.15) is 5.76 Å². The number of piperidine rings is 2. The molecule has 4 aliphatic rings. The van der Waals surface area contributed by atoms with Crippen LogP contribution < -0.4 is 10.6 Å². The third kappa shape index (κ3) is 3.79. The van der Waals surface area contributed by atoms with Crippen molar-refractivity contribution in [3.63, 3.8) is 0 Å². The standard InChI is InChI=1S/C20H31N5O4S/c1-21-14-6-8-24(9-7-14)30(27,28)25-16-4-5-17(25)11-15(10-16)22-20(26)18-12-19(29-23-18)13-2-3-13/h12-17,21H,2-11H2,1H3,(H,22,26)/t15?,16-,17+. The van der Waals surface area contributed by atoms with Gasteiger partial charge in [0, 0.05) is 49.2 Å². The normalized spacial score (nSPS) is 31.2. The first-order valence-electron chi connectivity index (χ1n) is 11.2. The van der Waals surface area contributed by atoms with Crippen LogP contribution in [0.15, 0.2) is 10.6 Å². The zero-order valence-electron chi connectivity index (χ0n) is 17.4. The third-order valence-electron chi connectivity index (χ3n) is 7.20. The highest BCUT2D eigenvalue weighted by atomic mass is 32.2. The second kappa shape index (κ2) is 7.89. The molecule has 2 N–H and O–H groups in total. The second-order valence-corrected chi connectivity index (χ2v) is 11.0. The van der Waals surface area contributed by atoms with E-state index >= 15 is 0 Å². The van der Waals surface area contributed by atoms with E-state index < -0.39 is 10.2 Å². The zero-order valence-corrected chi connectivity index (χ0v) is 18.2. The maximum atomic E-state index is 13.3. The molecule has 1 aromatic rings. The van der Waals surface area contributed by atoms with E-state index in [9.17, 15) is 13.2 Å². The van der Waals surface area contributed by atoms with E-state index in [1.807, 2.05) is 7.05 Å². The fourth-order valence-corrected chi connectivity index (χ4v) is 7.43. The Balaban J connectivity index is 1.21. The number of rotatable bonds is 6. The Morgan fingerprint density at radius 3 is 2.33 bits per heavy atom. The minimum absolute atomic E-state index is 0.0300. The van der Waals surface area contributed by atoms with Crippen molar-refractivity contribution in [3.8, 4) is 0 Å². The lowest BCUT2D eigenvalue weighted by molar-refractivity contribution is 0.0897. The molecule has 3 atom stereocenters. The minimum atomic E-state index is -3.46. The van der Waals surface area contributed by atoms with Gasteiger partial charge in [-0.3, -0.25) is 4.79 Å². The van der Waals surface area contributed by atoms with Crippen molar-refractivity contribution in [3.05, 3.63) is 17.5 Å². The number of carbonyl (C=O) groups is 1. The molecule has 9 nitrogen and oxygen atoms in total. The van der Waals surface area contributed by atoms with E-state index in [-0.39, 0.29) is 24.0 Å². The number of nitrogens with one attached hydrogen (secondary N) is 2. The smallest absolute Gasteiger partial charge is 0.282 e. The molecule has 0 spiro atoms. The van der Waals surface area contributed by atoms with Gasteiger partial charge in [-0.2, -0.15) is 17.0 Å². The molecule has 0 aromatic carbocycles. The molecular weight excluding hydrogens is 406 g/mol. The van der Waals surface area contributed by atoms with Crippen molar-refractivity contribution in [1.82, 2.24) is 24.4 Å². The Kier molecular flexibility index (Phi) is 5.37. The molecule has 5 rings (SSSR count). The van der Waals surface area contributed by atoms with Crippen molar-refractivity contribution in [1.29, 1.82) is 0 Å². The van der Waals surface area contributed by atoms with Gasteiger partial charge in [-0.15, -0.1) is 0 Å². The highest BCUT2D eigenvalue weighted by molar-refractivity contribution is 7.86. The lowest BCUT2D eigenvalue weighted by Gasteiger charge is -2.42. The summed E-state index contributed by atoms with van der Waals surface area (Å²) in [6.07, 6.45) is 6.91. The Morgan fingerprint density at radius 2 is 1.73 bits per heavy atom. The van der Waals surface area contributed by atoms with Gasteiger partial charge in [0.05, 0.1) is 0 Å². The van der Waals surface area contributed by atoms with Crippen LogP contribution in [-0.4, -0.2) is 72.4 Å². The average Bonchev–Trinajstić information content (AvgIpc) is 3.40.